The van der Waals surface area contributed by atoms with Crippen molar-refractivity contribution in [2.45, 2.75) is 0 Å². The van der Waals surface area contributed by atoms with Gasteiger partial charge in [0, 0.05) is 97.6 Å². The third-order valence-corrected chi connectivity index (χ3v) is 10.2. The van der Waals surface area contributed by atoms with Crippen LogP contribution in [0.2, 0.25) is 0 Å². The SMILES string of the molecule is CN(CCSC(=O)c1ccc(C(=O)SCCN(C)c2ccc(/C=C/c3cccc[n+]3C)cc2)cc1)c1ccc(/C=C/c2cccc[n+]2C)cc1. The molecule has 0 saturated carbocycles. The summed E-state index contributed by atoms with van der Waals surface area (Å²) in [5.74, 6) is 1.33. The van der Waals surface area contributed by atoms with Crippen LogP contribution in [0.15, 0.2) is 122 Å². The average molecular weight is 701 g/mol. The van der Waals surface area contributed by atoms with Gasteiger partial charge in [-0.25, -0.2) is 9.13 Å². The fourth-order valence-electron chi connectivity index (χ4n) is 5.18. The third kappa shape index (κ3) is 10.5. The monoisotopic (exact) mass is 700 g/mol. The van der Waals surface area contributed by atoms with Gasteiger partial charge in [0.15, 0.2) is 12.4 Å². The summed E-state index contributed by atoms with van der Waals surface area (Å²) in [6, 6.07) is 36.1. The molecule has 2 aromatic heterocycles. The average Bonchev–Trinajstić information content (AvgIpc) is 3.14. The lowest BCUT2D eigenvalue weighted by molar-refractivity contribution is -0.673. The van der Waals surface area contributed by atoms with E-state index < -0.39 is 0 Å². The minimum Gasteiger partial charge on any atom is -0.374 e. The van der Waals surface area contributed by atoms with Gasteiger partial charge >= 0.3 is 0 Å². The Kier molecular flexibility index (Phi) is 13.2. The standard InChI is InChI=1S/C42H44N4O2S2/c1-43-27-7-5-9-37(43)21-11-33-13-23-39(24-14-33)45(3)29-31-49-41(47)35-17-19-36(20-18-35)42(48)50-32-30-46(4)40-25-15-34(16-26-40)12-22-38-10-6-8-28-44(38)2/h5-28H,29-32H2,1-4H3/q+2. The van der Waals surface area contributed by atoms with Crippen LogP contribution in [0.3, 0.4) is 0 Å². The number of benzene rings is 3. The first-order valence-electron chi connectivity index (χ1n) is 16.6. The maximum Gasteiger partial charge on any atom is 0.219 e. The molecule has 0 aliphatic rings. The Morgan fingerprint density at radius 1 is 0.540 bits per heavy atom. The molecular weight excluding hydrogens is 657 g/mol. The molecule has 0 bridgehead atoms. The lowest BCUT2D eigenvalue weighted by Gasteiger charge is -2.19. The molecular formula is C42H44N4O2S2+2. The molecule has 0 N–H and O–H groups in total. The molecule has 254 valence electrons. The number of thioether (sulfide) groups is 2. The molecule has 5 rings (SSSR count). The van der Waals surface area contributed by atoms with Crippen molar-refractivity contribution in [2.24, 2.45) is 14.1 Å². The summed E-state index contributed by atoms with van der Waals surface area (Å²) in [5, 5.41) is 0.0219. The Bertz CT molecular complexity index is 1800. The minimum absolute atomic E-state index is 0.0109. The Morgan fingerprint density at radius 3 is 1.28 bits per heavy atom. The number of carbonyl (C=O) groups is 2. The van der Waals surface area contributed by atoms with Gasteiger partial charge in [-0.05, 0) is 83.9 Å². The molecule has 0 atom stereocenters. The fraction of sp³-hybridized carbons (Fsp3) is 0.190. The van der Waals surface area contributed by atoms with Crippen molar-refractivity contribution >= 4 is 69.4 Å². The summed E-state index contributed by atoms with van der Waals surface area (Å²) in [6.07, 6.45) is 12.5. The van der Waals surface area contributed by atoms with E-state index in [-0.39, 0.29) is 10.2 Å². The van der Waals surface area contributed by atoms with Crippen LogP contribution in [0.1, 0.15) is 43.2 Å². The van der Waals surface area contributed by atoms with Crippen molar-refractivity contribution in [1.82, 2.24) is 0 Å². The van der Waals surface area contributed by atoms with Crippen molar-refractivity contribution in [1.29, 1.82) is 0 Å². The highest BCUT2D eigenvalue weighted by Crippen LogP contribution is 2.21. The number of aromatic nitrogens is 2. The zero-order chi connectivity index (χ0) is 35.3. The van der Waals surface area contributed by atoms with E-state index in [4.69, 9.17) is 0 Å². The van der Waals surface area contributed by atoms with Crippen molar-refractivity contribution in [2.75, 3.05) is 48.5 Å². The largest absolute Gasteiger partial charge is 0.374 e. The smallest absolute Gasteiger partial charge is 0.219 e. The molecule has 6 nitrogen and oxygen atoms in total. The fourth-order valence-corrected chi connectivity index (χ4v) is 6.89. The van der Waals surface area contributed by atoms with Gasteiger partial charge in [-0.15, -0.1) is 0 Å². The van der Waals surface area contributed by atoms with Gasteiger partial charge in [0.1, 0.15) is 14.1 Å². The summed E-state index contributed by atoms with van der Waals surface area (Å²) in [7, 11) is 8.14. The van der Waals surface area contributed by atoms with E-state index in [1.165, 1.54) is 23.5 Å². The molecule has 0 saturated heterocycles. The minimum atomic E-state index is 0.0109. The molecule has 5 aromatic rings. The van der Waals surface area contributed by atoms with Crippen LogP contribution < -0.4 is 18.9 Å². The summed E-state index contributed by atoms with van der Waals surface area (Å²) in [4.78, 5) is 30.0. The Labute approximate surface area is 304 Å². The zero-order valence-electron chi connectivity index (χ0n) is 29.1. The Hall–Kier alpha value is -4.92. The van der Waals surface area contributed by atoms with E-state index in [9.17, 15) is 9.59 Å². The van der Waals surface area contributed by atoms with Crippen LogP contribution in [0.4, 0.5) is 11.4 Å². The van der Waals surface area contributed by atoms with Crippen LogP contribution in [-0.2, 0) is 14.1 Å². The van der Waals surface area contributed by atoms with Crippen molar-refractivity contribution in [3.05, 3.63) is 155 Å². The van der Waals surface area contributed by atoms with Gasteiger partial charge in [0.2, 0.25) is 21.6 Å². The van der Waals surface area contributed by atoms with Gasteiger partial charge in [-0.2, -0.15) is 0 Å². The number of hydrogen-bond donors (Lipinski definition) is 0. The van der Waals surface area contributed by atoms with Crippen LogP contribution in [0, 0.1) is 0 Å². The molecule has 0 radical (unpaired) electrons. The highest BCUT2D eigenvalue weighted by atomic mass is 32.2. The van der Waals surface area contributed by atoms with Gasteiger partial charge in [0.05, 0.1) is 0 Å². The number of hydrogen-bond acceptors (Lipinski definition) is 6. The molecule has 3 aromatic carbocycles. The molecule has 0 unspecified atom stereocenters. The highest BCUT2D eigenvalue weighted by Gasteiger charge is 2.12. The number of rotatable bonds is 14. The van der Waals surface area contributed by atoms with E-state index >= 15 is 0 Å². The van der Waals surface area contributed by atoms with E-state index in [1.807, 2.05) is 64.8 Å². The van der Waals surface area contributed by atoms with Crippen molar-refractivity contribution in [3.63, 3.8) is 0 Å². The highest BCUT2D eigenvalue weighted by molar-refractivity contribution is 8.14. The lowest BCUT2D eigenvalue weighted by atomic mass is 10.1. The number of pyridine rings is 2. The maximum absolute atomic E-state index is 12.9. The Balaban J connectivity index is 1.01. The number of aryl methyl sites for hydroxylation is 2. The van der Waals surface area contributed by atoms with Gasteiger partial charge in [-0.3, -0.25) is 9.59 Å². The maximum atomic E-state index is 12.9. The second-order valence-corrected chi connectivity index (χ2v) is 14.2. The molecule has 50 heavy (non-hydrogen) atoms. The van der Waals surface area contributed by atoms with Crippen molar-refractivity contribution < 1.29 is 18.7 Å². The Morgan fingerprint density at radius 2 is 0.920 bits per heavy atom. The lowest BCUT2D eigenvalue weighted by Crippen LogP contribution is -2.30. The first-order valence-corrected chi connectivity index (χ1v) is 18.6. The summed E-state index contributed by atoms with van der Waals surface area (Å²) in [6.45, 7) is 1.48. The van der Waals surface area contributed by atoms with Crippen LogP contribution in [-0.4, -0.2) is 48.9 Å². The van der Waals surface area contributed by atoms with E-state index in [2.05, 4.69) is 104 Å². The normalized spacial score (nSPS) is 11.3. The molecule has 8 heteroatoms. The number of anilines is 2. The van der Waals surface area contributed by atoms with E-state index in [0.717, 1.165) is 47.0 Å². The van der Waals surface area contributed by atoms with Gasteiger partial charge in [0.25, 0.3) is 0 Å². The zero-order valence-corrected chi connectivity index (χ0v) is 30.7. The summed E-state index contributed by atoms with van der Waals surface area (Å²) >= 11 is 2.60. The number of nitrogens with zero attached hydrogens (tertiary/aromatic N) is 4. The topological polar surface area (TPSA) is 48.4 Å². The first kappa shape index (κ1) is 36.4. The number of carbonyl (C=O) groups excluding carboxylic acids is 2. The second kappa shape index (κ2) is 18.2. The third-order valence-electron chi connectivity index (χ3n) is 8.43. The summed E-state index contributed by atoms with van der Waals surface area (Å²) in [5.41, 5.74) is 7.96. The first-order chi connectivity index (χ1) is 24.3. The molecule has 2 heterocycles. The predicted octanol–water partition coefficient (Wildman–Crippen LogP) is 7.70. The van der Waals surface area contributed by atoms with Crippen LogP contribution >= 0.6 is 23.5 Å². The van der Waals surface area contributed by atoms with Gasteiger partial charge in [-0.1, -0.05) is 47.8 Å². The van der Waals surface area contributed by atoms with E-state index in [1.54, 1.807) is 24.3 Å². The summed E-state index contributed by atoms with van der Waals surface area (Å²) < 4.78 is 4.17. The van der Waals surface area contributed by atoms with Crippen LogP contribution in [0.5, 0.6) is 0 Å². The quantitative estimate of drug-likeness (QED) is 0.111. The van der Waals surface area contributed by atoms with Gasteiger partial charge < -0.3 is 9.80 Å². The van der Waals surface area contributed by atoms with E-state index in [0.29, 0.717) is 22.6 Å². The molecule has 0 amide bonds. The molecule has 0 aliphatic heterocycles. The molecule has 0 aliphatic carbocycles. The molecule has 0 spiro atoms. The second-order valence-electron chi connectivity index (χ2n) is 12.0. The molecule has 0 fully saturated rings. The van der Waals surface area contributed by atoms with Crippen molar-refractivity contribution in [3.8, 4) is 0 Å². The predicted molar refractivity (Wildman–Crippen MR) is 213 cm³/mol. The van der Waals surface area contributed by atoms with Crippen LogP contribution in [0.25, 0.3) is 24.3 Å².